The van der Waals surface area contributed by atoms with Gasteiger partial charge in [-0.2, -0.15) is 0 Å². The second-order valence-electron chi connectivity index (χ2n) is 11.1. The Labute approximate surface area is 196 Å². The van der Waals surface area contributed by atoms with Crippen LogP contribution < -0.4 is 4.57 Å². The van der Waals surface area contributed by atoms with Crippen molar-refractivity contribution < 1.29 is 4.57 Å². The summed E-state index contributed by atoms with van der Waals surface area (Å²) in [6, 6.07) is 16.2. The van der Waals surface area contributed by atoms with E-state index in [1.54, 1.807) is 0 Å². The van der Waals surface area contributed by atoms with Crippen LogP contribution in [0, 0.1) is 18.3 Å². The van der Waals surface area contributed by atoms with Gasteiger partial charge in [0, 0.05) is 15.9 Å². The van der Waals surface area contributed by atoms with Crippen LogP contribution in [0.5, 0.6) is 0 Å². The minimum atomic E-state index is 0.223. The summed E-state index contributed by atoms with van der Waals surface area (Å²) in [7, 11) is 2.21. The van der Waals surface area contributed by atoms with Gasteiger partial charge in [-0.05, 0) is 70.0 Å². The third-order valence-electron chi connectivity index (χ3n) is 6.59. The highest BCUT2D eigenvalue weighted by atomic mass is 32.2. The maximum absolute atomic E-state index is 2.46. The zero-order chi connectivity index (χ0) is 22.8. The molecule has 3 aromatic carbocycles. The molecule has 0 aliphatic carbocycles. The molecule has 0 atom stereocenters. The summed E-state index contributed by atoms with van der Waals surface area (Å²) < 4.78 is 2.34. The maximum Gasteiger partial charge on any atom is 0.222 e. The van der Waals surface area contributed by atoms with Gasteiger partial charge in [-0.15, -0.1) is 0 Å². The van der Waals surface area contributed by atoms with Gasteiger partial charge in [-0.3, -0.25) is 0 Å². The fraction of sp³-hybridized carbons (Fsp3) is 0.367. The van der Waals surface area contributed by atoms with E-state index in [-0.39, 0.29) is 5.41 Å². The SMILES string of the molecule is Cc1c2c(c(CC(C)(C)C)c3ccccc13)Sc1cc(CC(C)C)cc3cc[n+](C)c-2c13. The molecule has 0 N–H and O–H groups in total. The summed E-state index contributed by atoms with van der Waals surface area (Å²) in [4.78, 5) is 2.88. The molecule has 0 saturated heterocycles. The Kier molecular flexibility index (Phi) is 5.13. The molecule has 2 heteroatoms. The molecule has 1 aromatic heterocycles. The number of rotatable bonds is 3. The summed E-state index contributed by atoms with van der Waals surface area (Å²) in [5.41, 5.74) is 7.40. The summed E-state index contributed by atoms with van der Waals surface area (Å²) in [6.45, 7) is 14.0. The highest BCUT2D eigenvalue weighted by Gasteiger charge is 2.32. The van der Waals surface area contributed by atoms with E-state index < -0.39 is 0 Å². The number of fused-ring (bicyclic) bond motifs is 3. The number of hydrogen-bond acceptors (Lipinski definition) is 1. The molecule has 2 heterocycles. The third kappa shape index (κ3) is 3.53. The summed E-state index contributed by atoms with van der Waals surface area (Å²) in [5, 5.41) is 5.60. The monoisotopic (exact) mass is 440 g/mol. The molecule has 1 aliphatic heterocycles. The first-order chi connectivity index (χ1) is 15.1. The summed E-state index contributed by atoms with van der Waals surface area (Å²) in [6.07, 6.45) is 4.45. The first-order valence-corrected chi connectivity index (χ1v) is 12.6. The van der Waals surface area contributed by atoms with Crippen molar-refractivity contribution in [1.29, 1.82) is 0 Å². The lowest BCUT2D eigenvalue weighted by Gasteiger charge is -2.28. The van der Waals surface area contributed by atoms with Crippen LogP contribution in [0.15, 0.2) is 58.5 Å². The molecule has 5 rings (SSSR count). The summed E-state index contributed by atoms with van der Waals surface area (Å²) >= 11 is 2.01. The molecule has 0 radical (unpaired) electrons. The van der Waals surface area contributed by atoms with E-state index in [9.17, 15) is 0 Å². The zero-order valence-electron chi connectivity index (χ0n) is 20.5. The molecule has 4 aromatic rings. The smallest absolute Gasteiger partial charge is 0.200 e. The van der Waals surface area contributed by atoms with Gasteiger partial charge in [0.15, 0.2) is 6.20 Å². The van der Waals surface area contributed by atoms with Crippen LogP contribution in [0.25, 0.3) is 32.8 Å². The molecule has 1 nitrogen and oxygen atoms in total. The second kappa shape index (κ2) is 7.63. The highest BCUT2D eigenvalue weighted by Crippen LogP contribution is 2.52. The van der Waals surface area contributed by atoms with Crippen molar-refractivity contribution in [2.45, 2.75) is 64.2 Å². The minimum absolute atomic E-state index is 0.223. The van der Waals surface area contributed by atoms with Crippen molar-refractivity contribution in [3.63, 3.8) is 0 Å². The van der Waals surface area contributed by atoms with Crippen LogP contribution in [0.2, 0.25) is 0 Å². The van der Waals surface area contributed by atoms with E-state index >= 15 is 0 Å². The lowest BCUT2D eigenvalue weighted by atomic mass is 9.83. The van der Waals surface area contributed by atoms with Crippen LogP contribution >= 0.6 is 11.8 Å². The fourth-order valence-corrected chi connectivity index (χ4v) is 6.76. The standard InChI is InChI=1S/C30H34NS/c1-18(2)14-20-15-21-12-13-31(7)28-26-19(3)22-10-8-9-11-23(22)24(17-30(4,5)6)29(26)32-25(16-20)27(21)28/h8-13,15-16,18H,14,17H2,1-7H3/q+1. The minimum Gasteiger partial charge on any atom is -0.200 e. The van der Waals surface area contributed by atoms with Crippen LogP contribution in [-0.4, -0.2) is 0 Å². The van der Waals surface area contributed by atoms with Crippen molar-refractivity contribution in [2.24, 2.45) is 18.4 Å². The van der Waals surface area contributed by atoms with E-state index in [2.05, 4.69) is 102 Å². The molecule has 1 aliphatic rings. The Bertz CT molecular complexity index is 1370. The summed E-state index contributed by atoms with van der Waals surface area (Å²) in [5.74, 6) is 0.655. The molecule has 0 unspecified atom stereocenters. The molecule has 0 bridgehead atoms. The molecule has 0 fully saturated rings. The van der Waals surface area contributed by atoms with Crippen molar-refractivity contribution in [3.8, 4) is 11.3 Å². The highest BCUT2D eigenvalue weighted by molar-refractivity contribution is 7.99. The normalized spacial score (nSPS) is 13.2. The molecular weight excluding hydrogens is 406 g/mol. The topological polar surface area (TPSA) is 3.88 Å². The first-order valence-electron chi connectivity index (χ1n) is 11.8. The third-order valence-corrected chi connectivity index (χ3v) is 7.79. The Balaban J connectivity index is 1.90. The van der Waals surface area contributed by atoms with Gasteiger partial charge in [0.2, 0.25) is 5.69 Å². The lowest BCUT2D eigenvalue weighted by molar-refractivity contribution is -0.659. The van der Waals surface area contributed by atoms with Crippen LogP contribution in [0.3, 0.4) is 0 Å². The van der Waals surface area contributed by atoms with E-state index in [0.717, 1.165) is 12.8 Å². The quantitative estimate of drug-likeness (QED) is 0.257. The van der Waals surface area contributed by atoms with Crippen LogP contribution in [-0.2, 0) is 19.9 Å². The number of pyridine rings is 1. The van der Waals surface area contributed by atoms with Crippen molar-refractivity contribution >= 4 is 33.3 Å². The molecule has 0 amide bonds. The van der Waals surface area contributed by atoms with Gasteiger partial charge in [0.1, 0.15) is 7.05 Å². The number of aryl methyl sites for hydroxylation is 2. The van der Waals surface area contributed by atoms with Gasteiger partial charge in [0.05, 0.1) is 10.9 Å². The Morgan fingerprint density at radius 2 is 1.72 bits per heavy atom. The van der Waals surface area contributed by atoms with Gasteiger partial charge in [-0.25, -0.2) is 4.57 Å². The number of nitrogens with zero attached hydrogens (tertiary/aromatic N) is 1. The van der Waals surface area contributed by atoms with Crippen LogP contribution in [0.1, 0.15) is 51.3 Å². The number of hydrogen-bond donors (Lipinski definition) is 0. The van der Waals surface area contributed by atoms with Crippen LogP contribution in [0.4, 0.5) is 0 Å². The average molecular weight is 441 g/mol. The largest absolute Gasteiger partial charge is 0.222 e. The predicted octanol–water partition coefficient (Wildman–Crippen LogP) is 8.04. The maximum atomic E-state index is 2.46. The Morgan fingerprint density at radius 1 is 1.00 bits per heavy atom. The van der Waals surface area contributed by atoms with Gasteiger partial charge >= 0.3 is 0 Å². The van der Waals surface area contributed by atoms with E-state index in [4.69, 9.17) is 0 Å². The molecule has 0 saturated carbocycles. The van der Waals surface area contributed by atoms with E-state index in [1.807, 2.05) is 11.8 Å². The van der Waals surface area contributed by atoms with Gasteiger partial charge < -0.3 is 0 Å². The van der Waals surface area contributed by atoms with E-state index in [0.29, 0.717) is 5.92 Å². The van der Waals surface area contributed by atoms with Crippen molar-refractivity contribution in [1.82, 2.24) is 0 Å². The second-order valence-corrected chi connectivity index (χ2v) is 12.2. The van der Waals surface area contributed by atoms with Crippen molar-refractivity contribution in [2.75, 3.05) is 0 Å². The van der Waals surface area contributed by atoms with Crippen molar-refractivity contribution in [3.05, 3.63) is 65.4 Å². The molecule has 164 valence electrons. The molecule has 32 heavy (non-hydrogen) atoms. The molecular formula is C30H34NS+. The Morgan fingerprint density at radius 3 is 2.41 bits per heavy atom. The first kappa shape index (κ1) is 21.5. The van der Waals surface area contributed by atoms with Gasteiger partial charge in [-0.1, -0.05) is 76.7 Å². The number of benzene rings is 3. The lowest BCUT2D eigenvalue weighted by Crippen LogP contribution is -2.32. The Hall–Kier alpha value is -2.32. The average Bonchev–Trinajstić information content (AvgIpc) is 2.71. The molecule has 0 spiro atoms. The van der Waals surface area contributed by atoms with E-state index in [1.165, 1.54) is 59.3 Å². The zero-order valence-corrected chi connectivity index (χ0v) is 21.3. The predicted molar refractivity (Wildman–Crippen MR) is 139 cm³/mol. The number of aromatic nitrogens is 1. The van der Waals surface area contributed by atoms with Gasteiger partial charge in [0.25, 0.3) is 0 Å². The fourth-order valence-electron chi connectivity index (χ4n) is 5.36.